The molecule has 0 saturated heterocycles. The molecule has 0 bridgehead atoms. The number of halogens is 4. The van der Waals surface area contributed by atoms with Crippen LogP contribution in [0.3, 0.4) is 0 Å². The average Bonchev–Trinajstić information content (AvgIpc) is 2.35. The zero-order chi connectivity index (χ0) is 15.0. The van der Waals surface area contributed by atoms with E-state index < -0.39 is 6.36 Å². The Balaban J connectivity index is 0.00000400. The van der Waals surface area contributed by atoms with Crippen LogP contribution in [-0.2, 0) is 9.53 Å². The predicted molar refractivity (Wildman–Crippen MR) is 66.5 cm³/mol. The second-order valence-electron chi connectivity index (χ2n) is 3.79. The standard InChI is InChI=1S/C12H15F3N2O3.ClH/c1-19-7-6-16-8-11(18)17-9-2-4-10(5-3-9)20-12(13,14)15;/h2-5,16H,6-8H2,1H3,(H,17,18);1H/p-1. The van der Waals surface area contributed by atoms with Gasteiger partial charge < -0.3 is 32.5 Å². The summed E-state index contributed by atoms with van der Waals surface area (Å²) in [5.41, 5.74) is 0.387. The van der Waals surface area contributed by atoms with Crippen LogP contribution in [0.5, 0.6) is 5.75 Å². The SMILES string of the molecule is COCCNCC(=O)Nc1ccc(OC(F)(F)F)cc1.[Cl-]. The molecule has 0 heterocycles. The van der Waals surface area contributed by atoms with E-state index in [-0.39, 0.29) is 30.6 Å². The molecule has 0 unspecified atom stereocenters. The molecule has 0 atom stereocenters. The number of alkyl halides is 3. The van der Waals surface area contributed by atoms with Gasteiger partial charge in [-0.3, -0.25) is 4.79 Å². The Morgan fingerprint density at radius 3 is 2.38 bits per heavy atom. The van der Waals surface area contributed by atoms with Gasteiger partial charge in [0, 0.05) is 19.3 Å². The maximum Gasteiger partial charge on any atom is 0.573 e. The van der Waals surface area contributed by atoms with Crippen molar-refractivity contribution in [2.75, 3.05) is 32.1 Å². The van der Waals surface area contributed by atoms with Crippen molar-refractivity contribution < 1.29 is 39.8 Å². The first kappa shape index (κ1) is 19.5. The minimum Gasteiger partial charge on any atom is -1.00 e. The molecule has 0 aromatic heterocycles. The zero-order valence-electron chi connectivity index (χ0n) is 11.2. The highest BCUT2D eigenvalue weighted by Gasteiger charge is 2.30. The summed E-state index contributed by atoms with van der Waals surface area (Å²) in [6, 6.07) is 4.91. The van der Waals surface area contributed by atoms with Crippen LogP contribution in [0.15, 0.2) is 24.3 Å². The van der Waals surface area contributed by atoms with Crippen molar-refractivity contribution >= 4 is 11.6 Å². The lowest BCUT2D eigenvalue weighted by atomic mass is 10.3. The van der Waals surface area contributed by atoms with Crippen LogP contribution in [0, 0.1) is 0 Å². The van der Waals surface area contributed by atoms with Crippen LogP contribution in [0.2, 0.25) is 0 Å². The van der Waals surface area contributed by atoms with Crippen molar-refractivity contribution in [3.8, 4) is 5.75 Å². The van der Waals surface area contributed by atoms with E-state index in [4.69, 9.17) is 4.74 Å². The third-order valence-electron chi connectivity index (χ3n) is 2.14. The smallest absolute Gasteiger partial charge is 0.573 e. The number of nitrogens with one attached hydrogen (secondary N) is 2. The number of ether oxygens (including phenoxy) is 2. The number of methoxy groups -OCH3 is 1. The predicted octanol–water partition coefficient (Wildman–Crippen LogP) is -1.24. The van der Waals surface area contributed by atoms with Crippen molar-refractivity contribution in [3.63, 3.8) is 0 Å². The Labute approximate surface area is 126 Å². The van der Waals surface area contributed by atoms with E-state index in [2.05, 4.69) is 15.4 Å². The van der Waals surface area contributed by atoms with E-state index >= 15 is 0 Å². The summed E-state index contributed by atoms with van der Waals surface area (Å²) < 4.78 is 44.3. The van der Waals surface area contributed by atoms with E-state index in [0.717, 1.165) is 12.1 Å². The third-order valence-corrected chi connectivity index (χ3v) is 2.14. The highest BCUT2D eigenvalue weighted by atomic mass is 35.5. The van der Waals surface area contributed by atoms with Crippen LogP contribution in [0.25, 0.3) is 0 Å². The Morgan fingerprint density at radius 2 is 1.86 bits per heavy atom. The minimum absolute atomic E-state index is 0. The fourth-order valence-electron chi connectivity index (χ4n) is 1.32. The van der Waals surface area contributed by atoms with Crippen LogP contribution in [-0.4, -0.2) is 39.1 Å². The lowest BCUT2D eigenvalue weighted by molar-refractivity contribution is -0.274. The quantitative estimate of drug-likeness (QED) is 0.615. The molecule has 1 aromatic carbocycles. The lowest BCUT2D eigenvalue weighted by Gasteiger charge is -2.10. The number of benzene rings is 1. The summed E-state index contributed by atoms with van der Waals surface area (Å²) in [5, 5.41) is 5.37. The van der Waals surface area contributed by atoms with Gasteiger partial charge in [0.05, 0.1) is 13.2 Å². The summed E-state index contributed by atoms with van der Waals surface area (Å²) in [7, 11) is 1.55. The first-order valence-corrected chi connectivity index (χ1v) is 5.76. The zero-order valence-corrected chi connectivity index (χ0v) is 11.9. The van der Waals surface area contributed by atoms with Crippen LogP contribution in [0.1, 0.15) is 0 Å². The summed E-state index contributed by atoms with van der Waals surface area (Å²) in [4.78, 5) is 11.5. The van der Waals surface area contributed by atoms with Gasteiger partial charge in [-0.2, -0.15) is 0 Å². The second kappa shape index (κ2) is 9.43. The van der Waals surface area contributed by atoms with Gasteiger partial charge in [-0.25, -0.2) is 0 Å². The van der Waals surface area contributed by atoms with Gasteiger partial charge in [-0.1, -0.05) is 0 Å². The largest absolute Gasteiger partial charge is 1.00 e. The molecule has 0 aliphatic heterocycles. The number of hydrogen-bond donors (Lipinski definition) is 2. The van der Waals surface area contributed by atoms with Gasteiger partial charge in [0.15, 0.2) is 0 Å². The number of rotatable bonds is 7. The molecule has 0 saturated carbocycles. The van der Waals surface area contributed by atoms with Gasteiger partial charge in [-0.15, -0.1) is 13.2 Å². The molecule has 5 nitrogen and oxygen atoms in total. The van der Waals surface area contributed by atoms with Gasteiger partial charge in [0.25, 0.3) is 0 Å². The number of amides is 1. The van der Waals surface area contributed by atoms with E-state index in [1.807, 2.05) is 0 Å². The summed E-state index contributed by atoms with van der Waals surface area (Å²) in [5.74, 6) is -0.640. The summed E-state index contributed by atoms with van der Waals surface area (Å²) in [6.07, 6.45) is -4.73. The van der Waals surface area contributed by atoms with Crippen molar-refractivity contribution in [1.29, 1.82) is 0 Å². The van der Waals surface area contributed by atoms with Crippen LogP contribution < -0.4 is 27.8 Å². The number of carbonyl (C=O) groups excluding carboxylic acids is 1. The molecule has 0 aliphatic carbocycles. The Morgan fingerprint density at radius 1 is 1.24 bits per heavy atom. The van der Waals surface area contributed by atoms with Crippen LogP contribution >= 0.6 is 0 Å². The lowest BCUT2D eigenvalue weighted by Crippen LogP contribution is -3.00. The molecule has 21 heavy (non-hydrogen) atoms. The van der Waals surface area contributed by atoms with Gasteiger partial charge >= 0.3 is 6.36 Å². The van der Waals surface area contributed by atoms with E-state index in [9.17, 15) is 18.0 Å². The molecule has 9 heteroatoms. The first-order valence-electron chi connectivity index (χ1n) is 5.76. The molecular formula is C12H15ClF3N2O3-. The average molecular weight is 328 g/mol. The molecule has 0 radical (unpaired) electrons. The molecule has 1 aromatic rings. The summed E-state index contributed by atoms with van der Waals surface area (Å²) >= 11 is 0. The number of anilines is 1. The number of hydrogen-bond acceptors (Lipinski definition) is 4. The van der Waals surface area contributed by atoms with Crippen molar-refractivity contribution in [2.24, 2.45) is 0 Å². The Kier molecular flexibility index (Phi) is 8.75. The minimum atomic E-state index is -4.73. The van der Waals surface area contributed by atoms with Crippen molar-refractivity contribution in [2.45, 2.75) is 6.36 Å². The Hall–Kier alpha value is -1.51. The van der Waals surface area contributed by atoms with Gasteiger partial charge in [-0.05, 0) is 24.3 Å². The molecule has 2 N–H and O–H groups in total. The van der Waals surface area contributed by atoms with E-state index in [0.29, 0.717) is 18.8 Å². The summed E-state index contributed by atoms with van der Waals surface area (Å²) in [6.45, 7) is 1.10. The van der Waals surface area contributed by atoms with E-state index in [1.165, 1.54) is 12.1 Å². The molecule has 120 valence electrons. The number of carbonyl (C=O) groups is 1. The maximum atomic E-state index is 11.9. The van der Waals surface area contributed by atoms with Gasteiger partial charge in [0.2, 0.25) is 5.91 Å². The molecule has 0 spiro atoms. The fraction of sp³-hybridized carbons (Fsp3) is 0.417. The monoisotopic (exact) mass is 327 g/mol. The highest BCUT2D eigenvalue weighted by molar-refractivity contribution is 5.92. The van der Waals surface area contributed by atoms with Gasteiger partial charge in [0.1, 0.15) is 5.75 Å². The third kappa shape index (κ3) is 9.11. The maximum absolute atomic E-state index is 11.9. The molecule has 1 amide bonds. The Bertz CT molecular complexity index is 427. The molecular weight excluding hydrogens is 313 g/mol. The highest BCUT2D eigenvalue weighted by Crippen LogP contribution is 2.23. The van der Waals surface area contributed by atoms with E-state index in [1.54, 1.807) is 7.11 Å². The van der Waals surface area contributed by atoms with Crippen molar-refractivity contribution in [1.82, 2.24) is 5.32 Å². The topological polar surface area (TPSA) is 59.6 Å². The normalized spacial score (nSPS) is 10.7. The molecule has 0 aliphatic rings. The second-order valence-corrected chi connectivity index (χ2v) is 3.79. The molecule has 1 rings (SSSR count). The fourth-order valence-corrected chi connectivity index (χ4v) is 1.32. The van der Waals surface area contributed by atoms with Crippen molar-refractivity contribution in [3.05, 3.63) is 24.3 Å². The van der Waals surface area contributed by atoms with Crippen LogP contribution in [0.4, 0.5) is 18.9 Å². The first-order chi connectivity index (χ1) is 9.40. The molecule has 0 fully saturated rings.